The number of benzene rings is 1. The quantitative estimate of drug-likeness (QED) is 0.753. The Bertz CT molecular complexity index is 800. The molecule has 2 aromatic heterocycles. The molecule has 0 atom stereocenters. The lowest BCUT2D eigenvalue weighted by Gasteiger charge is -2.06. The molecule has 0 spiro atoms. The Kier molecular flexibility index (Phi) is 4.96. The van der Waals surface area contributed by atoms with E-state index in [2.05, 4.69) is 15.4 Å². The van der Waals surface area contributed by atoms with Crippen LogP contribution in [0.3, 0.4) is 0 Å². The van der Waals surface area contributed by atoms with Gasteiger partial charge in [-0.3, -0.25) is 4.98 Å². The topological polar surface area (TPSA) is 42.7 Å². The van der Waals surface area contributed by atoms with Crippen LogP contribution in [0.15, 0.2) is 48.8 Å². The number of pyridine rings is 1. The number of nitrogens with zero attached hydrogens (tertiary/aromatic N) is 3. The van der Waals surface area contributed by atoms with Gasteiger partial charge in [-0.1, -0.05) is 35.3 Å². The maximum atomic E-state index is 6.50. The smallest absolute Gasteiger partial charge is 0.137 e. The molecule has 3 rings (SSSR count). The van der Waals surface area contributed by atoms with Crippen molar-refractivity contribution in [2.75, 3.05) is 0 Å². The first-order valence-electron chi connectivity index (χ1n) is 7.24. The molecule has 1 N–H and O–H groups in total. The molecule has 0 amide bonds. The summed E-state index contributed by atoms with van der Waals surface area (Å²) in [6.07, 6.45) is 3.61. The van der Waals surface area contributed by atoms with E-state index < -0.39 is 0 Å². The van der Waals surface area contributed by atoms with Gasteiger partial charge in [0.05, 0.1) is 11.4 Å². The molecule has 1 aromatic carbocycles. The van der Waals surface area contributed by atoms with Crippen LogP contribution in [0.1, 0.15) is 16.8 Å². The van der Waals surface area contributed by atoms with E-state index in [1.807, 2.05) is 49.5 Å². The summed E-state index contributed by atoms with van der Waals surface area (Å²) in [5, 5.41) is 9.15. The van der Waals surface area contributed by atoms with Crippen molar-refractivity contribution in [2.45, 2.75) is 20.0 Å². The Labute approximate surface area is 145 Å². The lowest BCUT2D eigenvalue weighted by atomic mass is 10.2. The molecule has 118 valence electrons. The second-order valence-electron chi connectivity index (χ2n) is 5.21. The number of hydrogen-bond donors (Lipinski definition) is 1. The van der Waals surface area contributed by atoms with Gasteiger partial charge in [0.25, 0.3) is 0 Å². The molecule has 2 heterocycles. The highest BCUT2D eigenvalue weighted by molar-refractivity contribution is 6.31. The molecule has 0 unspecified atom stereocenters. The Balaban J connectivity index is 1.76. The largest absolute Gasteiger partial charge is 0.308 e. The van der Waals surface area contributed by atoms with Crippen molar-refractivity contribution in [3.05, 3.63) is 75.8 Å². The summed E-state index contributed by atoms with van der Waals surface area (Å²) in [5.74, 6) is 0. The molecule has 0 saturated carbocycles. The van der Waals surface area contributed by atoms with E-state index in [0.29, 0.717) is 16.7 Å². The molecule has 0 bridgehead atoms. The van der Waals surface area contributed by atoms with Crippen LogP contribution in [0.25, 0.3) is 5.69 Å². The first-order chi connectivity index (χ1) is 11.1. The fraction of sp³-hybridized carbons (Fsp3) is 0.176. The number of nitrogens with one attached hydrogen (secondary N) is 1. The first kappa shape index (κ1) is 16.0. The SMILES string of the molecule is Cc1nn(-c2cccc(Cl)c2)c(Cl)c1CNCc1cccnc1. The monoisotopic (exact) mass is 346 g/mol. The zero-order valence-electron chi connectivity index (χ0n) is 12.6. The summed E-state index contributed by atoms with van der Waals surface area (Å²) in [6.45, 7) is 3.32. The average Bonchev–Trinajstić information content (AvgIpc) is 2.84. The van der Waals surface area contributed by atoms with Gasteiger partial charge in [-0.2, -0.15) is 5.10 Å². The van der Waals surface area contributed by atoms with Crippen LogP contribution in [0.2, 0.25) is 10.2 Å². The molecule has 3 aromatic rings. The number of aromatic nitrogens is 3. The minimum atomic E-state index is 0.600. The summed E-state index contributed by atoms with van der Waals surface area (Å²) < 4.78 is 1.71. The van der Waals surface area contributed by atoms with Crippen molar-refractivity contribution in [2.24, 2.45) is 0 Å². The van der Waals surface area contributed by atoms with Crippen LogP contribution < -0.4 is 5.32 Å². The van der Waals surface area contributed by atoms with E-state index in [9.17, 15) is 0 Å². The molecule has 23 heavy (non-hydrogen) atoms. The van der Waals surface area contributed by atoms with Crippen LogP contribution in [0.4, 0.5) is 0 Å². The van der Waals surface area contributed by atoms with Crippen LogP contribution >= 0.6 is 23.2 Å². The normalized spacial score (nSPS) is 10.9. The third-order valence-electron chi connectivity index (χ3n) is 3.53. The van der Waals surface area contributed by atoms with Gasteiger partial charge in [0.2, 0.25) is 0 Å². The Morgan fingerprint density at radius 3 is 2.74 bits per heavy atom. The molecular formula is C17H16Cl2N4. The highest BCUT2D eigenvalue weighted by atomic mass is 35.5. The van der Waals surface area contributed by atoms with Crippen LogP contribution in [0.5, 0.6) is 0 Å². The fourth-order valence-corrected chi connectivity index (χ4v) is 2.87. The van der Waals surface area contributed by atoms with E-state index in [0.717, 1.165) is 29.1 Å². The third kappa shape index (κ3) is 3.72. The summed E-state index contributed by atoms with van der Waals surface area (Å²) in [6, 6.07) is 11.4. The Morgan fingerprint density at radius 2 is 2.00 bits per heavy atom. The van der Waals surface area contributed by atoms with Crippen LogP contribution in [0, 0.1) is 6.92 Å². The van der Waals surface area contributed by atoms with Gasteiger partial charge in [-0.25, -0.2) is 4.68 Å². The molecule has 4 nitrogen and oxygen atoms in total. The van der Waals surface area contributed by atoms with Gasteiger partial charge in [0.15, 0.2) is 0 Å². The third-order valence-corrected chi connectivity index (χ3v) is 4.15. The van der Waals surface area contributed by atoms with Crippen molar-refractivity contribution < 1.29 is 0 Å². The fourth-order valence-electron chi connectivity index (χ4n) is 2.35. The van der Waals surface area contributed by atoms with E-state index in [1.165, 1.54) is 0 Å². The van der Waals surface area contributed by atoms with Crippen molar-refractivity contribution in [1.29, 1.82) is 0 Å². The standard InChI is InChI=1S/C17H16Cl2N4/c1-12-16(11-21-10-13-4-3-7-20-9-13)17(19)23(22-12)15-6-2-5-14(18)8-15/h2-9,21H,10-11H2,1H3. The minimum absolute atomic E-state index is 0.600. The van der Waals surface area contributed by atoms with Crippen molar-refractivity contribution >= 4 is 23.2 Å². The van der Waals surface area contributed by atoms with E-state index >= 15 is 0 Å². The molecule has 0 radical (unpaired) electrons. The predicted octanol–water partition coefficient (Wildman–Crippen LogP) is 4.17. The van der Waals surface area contributed by atoms with Gasteiger partial charge < -0.3 is 5.32 Å². The summed E-state index contributed by atoms with van der Waals surface area (Å²) in [5.41, 5.74) is 3.86. The maximum absolute atomic E-state index is 6.50. The Morgan fingerprint density at radius 1 is 1.13 bits per heavy atom. The van der Waals surface area contributed by atoms with Crippen LogP contribution in [-0.2, 0) is 13.1 Å². The molecule has 0 aliphatic carbocycles. The molecule has 6 heteroatoms. The molecule has 0 fully saturated rings. The lowest BCUT2D eigenvalue weighted by Crippen LogP contribution is -2.13. The van der Waals surface area contributed by atoms with Crippen molar-refractivity contribution in [3.8, 4) is 5.69 Å². The zero-order valence-corrected chi connectivity index (χ0v) is 14.1. The maximum Gasteiger partial charge on any atom is 0.137 e. The lowest BCUT2D eigenvalue weighted by molar-refractivity contribution is 0.689. The van der Waals surface area contributed by atoms with E-state index in [1.54, 1.807) is 10.9 Å². The van der Waals surface area contributed by atoms with Gasteiger partial charge in [0, 0.05) is 36.1 Å². The van der Waals surface area contributed by atoms with Crippen molar-refractivity contribution in [3.63, 3.8) is 0 Å². The number of hydrogen-bond acceptors (Lipinski definition) is 3. The van der Waals surface area contributed by atoms with Gasteiger partial charge in [-0.05, 0) is 36.8 Å². The number of halogens is 2. The number of aryl methyl sites for hydroxylation is 1. The second-order valence-corrected chi connectivity index (χ2v) is 6.01. The average molecular weight is 347 g/mol. The van der Waals surface area contributed by atoms with Gasteiger partial charge in [0.1, 0.15) is 5.15 Å². The first-order valence-corrected chi connectivity index (χ1v) is 8.00. The van der Waals surface area contributed by atoms with Crippen molar-refractivity contribution in [1.82, 2.24) is 20.1 Å². The highest BCUT2D eigenvalue weighted by Gasteiger charge is 2.14. The Hall–Kier alpha value is -1.88. The molecule has 0 aliphatic heterocycles. The minimum Gasteiger partial charge on any atom is -0.308 e. The summed E-state index contributed by atoms with van der Waals surface area (Å²) in [7, 11) is 0. The zero-order chi connectivity index (χ0) is 16.2. The van der Waals surface area contributed by atoms with Gasteiger partial charge in [-0.15, -0.1) is 0 Å². The summed E-state index contributed by atoms with van der Waals surface area (Å²) in [4.78, 5) is 4.10. The summed E-state index contributed by atoms with van der Waals surface area (Å²) >= 11 is 12.5. The molecular weight excluding hydrogens is 331 g/mol. The molecule has 0 saturated heterocycles. The second kappa shape index (κ2) is 7.13. The van der Waals surface area contributed by atoms with E-state index in [-0.39, 0.29) is 0 Å². The van der Waals surface area contributed by atoms with Gasteiger partial charge >= 0.3 is 0 Å². The predicted molar refractivity (Wildman–Crippen MR) is 93.1 cm³/mol. The van der Waals surface area contributed by atoms with Crippen LogP contribution in [-0.4, -0.2) is 14.8 Å². The van der Waals surface area contributed by atoms with E-state index in [4.69, 9.17) is 23.2 Å². The highest BCUT2D eigenvalue weighted by Crippen LogP contribution is 2.24. The molecule has 0 aliphatic rings. The number of rotatable bonds is 5.